The zero-order chi connectivity index (χ0) is 12.3. The summed E-state index contributed by atoms with van der Waals surface area (Å²) >= 11 is 0. The highest BCUT2D eigenvalue weighted by atomic mass is 15.2. The van der Waals surface area contributed by atoms with Crippen LogP contribution in [-0.4, -0.2) is 36.1 Å². The second kappa shape index (κ2) is 6.19. The van der Waals surface area contributed by atoms with Crippen LogP contribution in [0.2, 0.25) is 0 Å². The van der Waals surface area contributed by atoms with Crippen LogP contribution in [0.4, 0.5) is 0 Å². The third-order valence-electron chi connectivity index (χ3n) is 4.20. The van der Waals surface area contributed by atoms with Crippen molar-refractivity contribution in [2.24, 2.45) is 5.92 Å². The summed E-state index contributed by atoms with van der Waals surface area (Å²) < 4.78 is 0. The van der Waals surface area contributed by atoms with Gasteiger partial charge in [0.25, 0.3) is 0 Å². The molecular formula is C15H30N2. The first-order valence-corrected chi connectivity index (χ1v) is 7.66. The molecule has 0 amide bonds. The van der Waals surface area contributed by atoms with Crippen molar-refractivity contribution < 1.29 is 0 Å². The summed E-state index contributed by atoms with van der Waals surface area (Å²) in [5.41, 5.74) is 0. The van der Waals surface area contributed by atoms with E-state index in [1.807, 2.05) is 0 Å². The zero-order valence-corrected chi connectivity index (χ0v) is 11.9. The van der Waals surface area contributed by atoms with E-state index in [1.54, 1.807) is 0 Å². The van der Waals surface area contributed by atoms with Gasteiger partial charge in [0, 0.05) is 24.7 Å². The molecule has 100 valence electrons. The van der Waals surface area contributed by atoms with E-state index in [9.17, 15) is 0 Å². The maximum atomic E-state index is 3.69. The molecule has 0 aromatic carbocycles. The molecule has 2 atom stereocenters. The quantitative estimate of drug-likeness (QED) is 0.765. The largest absolute Gasteiger partial charge is 0.314 e. The van der Waals surface area contributed by atoms with Gasteiger partial charge in [-0.15, -0.1) is 0 Å². The molecule has 1 aliphatic carbocycles. The summed E-state index contributed by atoms with van der Waals surface area (Å²) in [6, 6.07) is 2.46. The first-order chi connectivity index (χ1) is 8.16. The Kier molecular flexibility index (Phi) is 4.87. The van der Waals surface area contributed by atoms with Crippen LogP contribution in [0.3, 0.4) is 0 Å². The lowest BCUT2D eigenvalue weighted by Crippen LogP contribution is -2.44. The van der Waals surface area contributed by atoms with E-state index in [2.05, 4.69) is 31.0 Å². The second-order valence-corrected chi connectivity index (χ2v) is 6.55. The number of hydrogen-bond acceptors (Lipinski definition) is 2. The van der Waals surface area contributed by atoms with E-state index < -0.39 is 0 Å². The van der Waals surface area contributed by atoms with Gasteiger partial charge in [-0.25, -0.2) is 0 Å². The fourth-order valence-electron chi connectivity index (χ4n) is 3.19. The minimum atomic E-state index is 0.764. The third-order valence-corrected chi connectivity index (χ3v) is 4.20. The van der Waals surface area contributed by atoms with Crippen LogP contribution in [0, 0.1) is 5.92 Å². The Bertz CT molecular complexity index is 217. The van der Waals surface area contributed by atoms with Crippen LogP contribution in [0.5, 0.6) is 0 Å². The molecule has 2 heteroatoms. The molecule has 17 heavy (non-hydrogen) atoms. The minimum absolute atomic E-state index is 0.764. The minimum Gasteiger partial charge on any atom is -0.314 e. The smallest absolute Gasteiger partial charge is 0.00993 e. The number of piperidine rings is 1. The molecule has 2 fully saturated rings. The summed E-state index contributed by atoms with van der Waals surface area (Å²) in [6.07, 6.45) is 8.43. The summed E-state index contributed by atoms with van der Waals surface area (Å²) in [5, 5.41) is 3.69. The normalized spacial score (nSPS) is 27.7. The molecule has 0 aromatic heterocycles. The molecule has 1 saturated carbocycles. The molecule has 2 aliphatic rings. The van der Waals surface area contributed by atoms with Gasteiger partial charge in [-0.05, 0) is 51.5 Å². The molecule has 1 N–H and O–H groups in total. The summed E-state index contributed by atoms with van der Waals surface area (Å²) in [6.45, 7) is 9.67. The van der Waals surface area contributed by atoms with E-state index in [0.29, 0.717) is 0 Å². The fourth-order valence-corrected chi connectivity index (χ4v) is 3.19. The van der Waals surface area contributed by atoms with Gasteiger partial charge in [-0.3, -0.25) is 4.90 Å². The van der Waals surface area contributed by atoms with Gasteiger partial charge < -0.3 is 5.32 Å². The summed E-state index contributed by atoms with van der Waals surface area (Å²) in [7, 11) is 0. The highest BCUT2D eigenvalue weighted by Crippen LogP contribution is 2.31. The third kappa shape index (κ3) is 4.26. The van der Waals surface area contributed by atoms with Crippen molar-refractivity contribution in [1.82, 2.24) is 10.2 Å². The zero-order valence-electron chi connectivity index (χ0n) is 11.9. The van der Waals surface area contributed by atoms with Gasteiger partial charge in [0.15, 0.2) is 0 Å². The van der Waals surface area contributed by atoms with E-state index in [-0.39, 0.29) is 0 Å². The average Bonchev–Trinajstić information content (AvgIpc) is 3.10. The van der Waals surface area contributed by atoms with Crippen LogP contribution in [0.15, 0.2) is 0 Å². The van der Waals surface area contributed by atoms with Crippen molar-refractivity contribution in [2.75, 3.05) is 13.1 Å². The number of nitrogens with zero attached hydrogens (tertiary/aromatic N) is 1. The van der Waals surface area contributed by atoms with Gasteiger partial charge in [-0.1, -0.05) is 20.3 Å². The van der Waals surface area contributed by atoms with Gasteiger partial charge in [0.05, 0.1) is 0 Å². The van der Waals surface area contributed by atoms with Crippen LogP contribution in [0.1, 0.15) is 59.3 Å². The Morgan fingerprint density at radius 2 is 1.88 bits per heavy atom. The molecule has 1 aliphatic heterocycles. The van der Waals surface area contributed by atoms with E-state index >= 15 is 0 Å². The number of rotatable bonds is 6. The standard InChI is InChI=1S/C15H30N2/c1-12(2)11-17(15-7-8-15)13(3)10-14-6-4-5-9-16-14/h12-16H,4-11H2,1-3H3. The average molecular weight is 238 g/mol. The SMILES string of the molecule is CC(C)CN(C(C)CC1CCCCN1)C1CC1. The number of hydrogen-bond donors (Lipinski definition) is 1. The second-order valence-electron chi connectivity index (χ2n) is 6.55. The fraction of sp³-hybridized carbons (Fsp3) is 1.00. The van der Waals surface area contributed by atoms with Crippen LogP contribution in [-0.2, 0) is 0 Å². The van der Waals surface area contributed by atoms with Crippen LogP contribution >= 0.6 is 0 Å². The first-order valence-electron chi connectivity index (χ1n) is 7.66. The molecule has 2 nitrogen and oxygen atoms in total. The Labute approximate surface area is 107 Å². The Morgan fingerprint density at radius 1 is 1.12 bits per heavy atom. The lowest BCUT2D eigenvalue weighted by Gasteiger charge is -2.34. The lowest BCUT2D eigenvalue weighted by atomic mass is 9.97. The van der Waals surface area contributed by atoms with Gasteiger partial charge >= 0.3 is 0 Å². The maximum Gasteiger partial charge on any atom is 0.00993 e. The predicted molar refractivity (Wildman–Crippen MR) is 74.3 cm³/mol. The molecule has 2 unspecified atom stereocenters. The molecule has 2 rings (SSSR count). The Hall–Kier alpha value is -0.0800. The van der Waals surface area contributed by atoms with Crippen LogP contribution in [0.25, 0.3) is 0 Å². The summed E-state index contributed by atoms with van der Waals surface area (Å²) in [5.74, 6) is 0.803. The van der Waals surface area contributed by atoms with Crippen molar-refractivity contribution in [3.63, 3.8) is 0 Å². The van der Waals surface area contributed by atoms with E-state index in [0.717, 1.165) is 24.0 Å². The molecule has 0 spiro atoms. The Morgan fingerprint density at radius 3 is 2.41 bits per heavy atom. The molecule has 0 radical (unpaired) electrons. The molecule has 1 saturated heterocycles. The lowest BCUT2D eigenvalue weighted by molar-refractivity contribution is 0.153. The van der Waals surface area contributed by atoms with E-state index in [1.165, 1.54) is 51.6 Å². The highest BCUT2D eigenvalue weighted by molar-refractivity contribution is 4.89. The summed E-state index contributed by atoms with van der Waals surface area (Å²) in [4.78, 5) is 2.78. The van der Waals surface area contributed by atoms with Crippen molar-refractivity contribution in [3.8, 4) is 0 Å². The van der Waals surface area contributed by atoms with Crippen LogP contribution < -0.4 is 5.32 Å². The molecule has 0 bridgehead atoms. The Balaban J connectivity index is 1.80. The predicted octanol–water partition coefficient (Wildman–Crippen LogP) is 3.03. The molecular weight excluding hydrogens is 208 g/mol. The topological polar surface area (TPSA) is 15.3 Å². The maximum absolute atomic E-state index is 3.69. The first kappa shape index (κ1) is 13.4. The van der Waals surface area contributed by atoms with Gasteiger partial charge in [0.2, 0.25) is 0 Å². The highest BCUT2D eigenvalue weighted by Gasteiger charge is 2.33. The van der Waals surface area contributed by atoms with Gasteiger partial charge in [0.1, 0.15) is 0 Å². The molecule has 1 heterocycles. The van der Waals surface area contributed by atoms with Crippen molar-refractivity contribution >= 4 is 0 Å². The number of nitrogens with one attached hydrogen (secondary N) is 1. The molecule has 0 aromatic rings. The van der Waals surface area contributed by atoms with Crippen molar-refractivity contribution in [3.05, 3.63) is 0 Å². The van der Waals surface area contributed by atoms with E-state index in [4.69, 9.17) is 0 Å². The monoisotopic (exact) mass is 238 g/mol. The van der Waals surface area contributed by atoms with Gasteiger partial charge in [-0.2, -0.15) is 0 Å². The van der Waals surface area contributed by atoms with Crippen molar-refractivity contribution in [2.45, 2.75) is 77.4 Å². The van der Waals surface area contributed by atoms with Crippen molar-refractivity contribution in [1.29, 1.82) is 0 Å².